The van der Waals surface area contributed by atoms with Gasteiger partial charge in [-0.05, 0) is 173 Å². The van der Waals surface area contributed by atoms with Crippen molar-refractivity contribution in [3.05, 3.63) is 106 Å². The number of rotatable bonds is 15. The topological polar surface area (TPSA) is 264 Å². The second kappa shape index (κ2) is 49.7. The molecule has 4 aliphatic rings. The predicted molar refractivity (Wildman–Crippen MR) is 395 cm³/mol. The second-order valence-corrected chi connectivity index (χ2v) is 25.7. The van der Waals surface area contributed by atoms with Gasteiger partial charge in [0.2, 0.25) is 35.4 Å². The van der Waals surface area contributed by atoms with Crippen LogP contribution >= 0.6 is 95.6 Å². The van der Waals surface area contributed by atoms with Gasteiger partial charge in [0, 0.05) is 129 Å². The first-order chi connectivity index (χ1) is 45.3. The molecule has 4 heterocycles. The fourth-order valence-corrected chi connectivity index (χ4v) is 9.46. The Labute approximate surface area is 610 Å². The molecule has 7 rings (SSSR count). The molecule has 9 amide bonds. The molecule has 2 unspecified atom stereocenters. The summed E-state index contributed by atoms with van der Waals surface area (Å²) in [5.41, 5.74) is 4.08. The lowest BCUT2D eigenvalue weighted by Gasteiger charge is -2.32. The molecule has 3 aromatic carbocycles. The first kappa shape index (κ1) is 85.3. The average Bonchev–Trinajstić information content (AvgIpc) is 1.51. The molecule has 30 heteroatoms. The van der Waals surface area contributed by atoms with Crippen molar-refractivity contribution in [1.29, 1.82) is 0 Å². The van der Waals surface area contributed by atoms with Crippen molar-refractivity contribution >= 4 is 149 Å². The zero-order chi connectivity index (χ0) is 70.7. The van der Waals surface area contributed by atoms with Gasteiger partial charge in [-0.2, -0.15) is 0 Å². The lowest BCUT2D eigenvalue weighted by atomic mass is 10.1. The standard InChI is InChI=1S/2C16H18BrN3O2.C14H16BrN3O2.2C7H13BrN2O.C5H11BrN2O/c1-20-9-7-14(11-20)19-16(22)13-4-2-12(3-5-13)6-8-18-15(21)10-17;1-19-8-10-20(11-9-19)16(22)14-4-2-13(3-5-14)6-7-18-15(21)12-17;1-18(2)10-17-14(20)12-5-3-11(4-6-12)7-8-16-13(19)9-15;1-9-2-4-10(5-3-9)7(11)6-8;1-10-3-2-6(5-10)9-7(11)4-8;1-8(2)4-7-5(9)3-6/h2-5,14H,7,9-11H2,1H3,(H,18,21)(H,19,22);2-5H,8-12H2,1H3,(H,18,21);3-6H,9-10H2,1-2H3,(H,16,19)(H,17,20);2-6H2,1H3;6H,2-5H2,1H3,(H,9,11);3-4H2,1-2H3,(H,7,9). The fourth-order valence-electron chi connectivity index (χ4n) is 8.32. The maximum atomic E-state index is 12.4. The first-order valence-corrected chi connectivity index (χ1v) is 36.9. The number of carbonyl (C=O) groups excluding carboxylic acids is 9. The normalized spacial score (nSPS) is 15.7. The molecule has 0 radical (unpaired) electrons. The van der Waals surface area contributed by atoms with E-state index in [2.05, 4.69) is 209 Å². The SMILES string of the molecule is CN(C)CNC(=O)CBr.CN(C)CNC(=O)c1ccc(C#CNC(=O)CBr)cc1.CN1CCC(NC(=O)CBr)C1.CN1CCC(NC(=O)c2ccc(C#CNC(=O)CBr)cc2)C1.CN1CCN(C(=O)CBr)CC1.CN1CCN(C(=O)c2ccc(C#CNC(=O)CBr)cc2)CC1. The van der Waals surface area contributed by atoms with E-state index in [1.54, 1.807) is 72.8 Å². The number of halogens is 6. The van der Waals surface area contributed by atoms with E-state index in [0.717, 1.165) is 108 Å². The third-order valence-electron chi connectivity index (χ3n) is 13.7. The van der Waals surface area contributed by atoms with Crippen LogP contribution in [-0.4, -0.2) is 285 Å². The lowest BCUT2D eigenvalue weighted by Crippen LogP contribution is -2.47. The maximum absolute atomic E-state index is 12.4. The van der Waals surface area contributed by atoms with Crippen LogP contribution in [0.4, 0.5) is 0 Å². The van der Waals surface area contributed by atoms with Crippen molar-refractivity contribution in [1.82, 2.24) is 76.4 Å². The number of hydrogen-bond donors (Lipinski definition) is 7. The Kier molecular flexibility index (Phi) is 44.6. The smallest absolute Gasteiger partial charge is 0.253 e. The number of carbonyl (C=O) groups is 9. The highest BCUT2D eigenvalue weighted by atomic mass is 79.9. The van der Waals surface area contributed by atoms with E-state index in [9.17, 15) is 43.2 Å². The summed E-state index contributed by atoms with van der Waals surface area (Å²) in [5.74, 6) is 8.02. The van der Waals surface area contributed by atoms with E-state index in [-0.39, 0.29) is 75.2 Å². The van der Waals surface area contributed by atoms with Crippen molar-refractivity contribution in [3.8, 4) is 35.9 Å². The summed E-state index contributed by atoms with van der Waals surface area (Å²) in [4.78, 5) is 118. The molecule has 2 atom stereocenters. The van der Waals surface area contributed by atoms with Crippen molar-refractivity contribution in [2.75, 3.05) is 180 Å². The van der Waals surface area contributed by atoms with E-state index in [0.29, 0.717) is 52.1 Å². The van der Waals surface area contributed by atoms with Gasteiger partial charge in [-0.3, -0.25) is 68.9 Å². The zero-order valence-electron chi connectivity index (χ0n) is 55.2. The molecule has 7 N–H and O–H groups in total. The van der Waals surface area contributed by atoms with Gasteiger partial charge >= 0.3 is 0 Å². The third kappa shape index (κ3) is 38.7. The highest BCUT2D eigenvalue weighted by Gasteiger charge is 2.23. The lowest BCUT2D eigenvalue weighted by molar-refractivity contribution is -0.130. The molecule has 4 aliphatic heterocycles. The largest absolute Gasteiger partial charge is 0.351 e. The second-order valence-electron chi connectivity index (χ2n) is 22.3. The Morgan fingerprint density at radius 2 is 0.747 bits per heavy atom. The van der Waals surface area contributed by atoms with Gasteiger partial charge in [-0.15, -0.1) is 0 Å². The Morgan fingerprint density at radius 3 is 1.09 bits per heavy atom. The first-order valence-electron chi connectivity index (χ1n) is 30.1. The number of likely N-dealkylation sites (N-methyl/N-ethyl adjacent to an activating group) is 4. The van der Waals surface area contributed by atoms with E-state index < -0.39 is 0 Å². The van der Waals surface area contributed by atoms with E-state index in [4.69, 9.17) is 0 Å². The Bertz CT molecular complexity index is 3080. The van der Waals surface area contributed by atoms with E-state index in [1.165, 1.54) is 0 Å². The zero-order valence-corrected chi connectivity index (χ0v) is 64.7. The number of benzene rings is 3. The Morgan fingerprint density at radius 1 is 0.400 bits per heavy atom. The highest BCUT2D eigenvalue weighted by Crippen LogP contribution is 2.12. The summed E-state index contributed by atoms with van der Waals surface area (Å²) in [7, 11) is 15.8. The summed E-state index contributed by atoms with van der Waals surface area (Å²) in [6, 6.07) is 29.3. The minimum absolute atomic E-state index is 0.0173. The molecule has 3 aromatic rings. The minimum atomic E-state index is -0.197. The van der Waals surface area contributed by atoms with Gasteiger partial charge < -0.3 is 50.7 Å². The quantitative estimate of drug-likeness (QED) is 0.0500. The minimum Gasteiger partial charge on any atom is -0.351 e. The number of hydrogen-bond acceptors (Lipinski definition) is 15. The van der Waals surface area contributed by atoms with Crippen LogP contribution in [0.2, 0.25) is 0 Å². The van der Waals surface area contributed by atoms with Crippen LogP contribution < -0.4 is 37.2 Å². The maximum Gasteiger partial charge on any atom is 0.253 e. The van der Waals surface area contributed by atoms with Crippen LogP contribution in [-0.2, 0) is 28.8 Å². The monoisotopic (exact) mass is 1700 g/mol. The van der Waals surface area contributed by atoms with E-state index >= 15 is 0 Å². The van der Waals surface area contributed by atoms with E-state index in [1.807, 2.05) is 54.8 Å². The van der Waals surface area contributed by atoms with Crippen molar-refractivity contribution < 1.29 is 43.2 Å². The summed E-state index contributed by atoms with van der Waals surface area (Å²) < 4.78 is 0. The number of piperazine rings is 2. The molecular weight excluding hydrogens is 1610 g/mol. The molecule has 520 valence electrons. The molecule has 0 aliphatic carbocycles. The van der Waals surface area contributed by atoms with Gasteiger partial charge in [-0.25, -0.2) is 0 Å². The van der Waals surface area contributed by atoms with Gasteiger partial charge in [-0.1, -0.05) is 95.6 Å². The molecule has 4 saturated heterocycles. The number of nitrogens with one attached hydrogen (secondary N) is 7. The van der Waals surface area contributed by atoms with Crippen molar-refractivity contribution in [2.45, 2.75) is 24.9 Å². The average molecular weight is 1700 g/mol. The van der Waals surface area contributed by atoms with Crippen molar-refractivity contribution in [3.63, 3.8) is 0 Å². The summed E-state index contributed by atoms with van der Waals surface area (Å²) >= 11 is 18.4. The highest BCUT2D eigenvalue weighted by molar-refractivity contribution is 9.10. The van der Waals surface area contributed by atoms with Gasteiger partial charge in [0.05, 0.1) is 45.3 Å². The molecular formula is C65H89Br6N15O9. The fraction of sp³-hybridized carbons (Fsp3) is 0.492. The van der Waals surface area contributed by atoms with Crippen LogP contribution in [0.15, 0.2) is 72.8 Å². The molecule has 0 aromatic heterocycles. The molecule has 95 heavy (non-hydrogen) atoms. The van der Waals surface area contributed by atoms with Crippen LogP contribution in [0.3, 0.4) is 0 Å². The van der Waals surface area contributed by atoms with Crippen LogP contribution in [0.25, 0.3) is 0 Å². The predicted octanol–water partition coefficient (Wildman–Crippen LogP) is 2.96. The summed E-state index contributed by atoms with van der Waals surface area (Å²) in [6.07, 6.45) is 2.06. The van der Waals surface area contributed by atoms with Gasteiger partial charge in [0.1, 0.15) is 0 Å². The van der Waals surface area contributed by atoms with Gasteiger partial charge in [0.15, 0.2) is 0 Å². The summed E-state index contributed by atoms with van der Waals surface area (Å²) in [6.45, 7) is 12.1. The number of nitrogens with zero attached hydrogens (tertiary/aromatic N) is 8. The third-order valence-corrected chi connectivity index (χ3v) is 16.7. The molecule has 4 fully saturated rings. The molecule has 0 saturated carbocycles. The van der Waals surface area contributed by atoms with Crippen LogP contribution in [0, 0.1) is 35.9 Å². The Balaban J connectivity index is 0.000000401. The van der Waals surface area contributed by atoms with Crippen LogP contribution in [0.1, 0.15) is 60.6 Å². The molecule has 0 bridgehead atoms. The van der Waals surface area contributed by atoms with Gasteiger partial charge in [0.25, 0.3) is 17.7 Å². The molecule has 24 nitrogen and oxygen atoms in total. The number of alkyl halides is 6. The van der Waals surface area contributed by atoms with Crippen LogP contribution in [0.5, 0.6) is 0 Å². The Hall–Kier alpha value is -5.79. The van der Waals surface area contributed by atoms with Crippen molar-refractivity contribution in [2.24, 2.45) is 0 Å². The number of amides is 9. The summed E-state index contributed by atoms with van der Waals surface area (Å²) in [5, 5.41) is 20.6. The number of likely N-dealkylation sites (tertiary alicyclic amines) is 2. The molecule has 0 spiro atoms.